The second-order valence-corrected chi connectivity index (χ2v) is 4.25. The molecule has 1 aromatic rings. The minimum absolute atomic E-state index is 0.0313. The first-order chi connectivity index (χ1) is 6.84. The number of ether oxygens (including phenoxy) is 1. The third kappa shape index (κ3) is 1.20. The van der Waals surface area contributed by atoms with Gasteiger partial charge in [-0.25, -0.2) is 0 Å². The normalized spacial score (nSPS) is 41.5. The fraction of sp³-hybridized carbons (Fsp3) is 0.636. The molecule has 0 amide bonds. The molecule has 2 fully saturated rings. The largest absolute Gasteiger partial charge is 0.467 e. The van der Waals surface area contributed by atoms with Gasteiger partial charge in [-0.1, -0.05) is 0 Å². The Balaban J connectivity index is 1.84. The Morgan fingerprint density at radius 2 is 2.29 bits per heavy atom. The van der Waals surface area contributed by atoms with Crippen molar-refractivity contribution in [2.45, 2.75) is 37.6 Å². The zero-order valence-corrected chi connectivity index (χ0v) is 7.93. The summed E-state index contributed by atoms with van der Waals surface area (Å²) in [5.41, 5.74) is 0. The van der Waals surface area contributed by atoms with Gasteiger partial charge in [0.1, 0.15) is 11.9 Å². The van der Waals surface area contributed by atoms with Crippen LogP contribution in [-0.4, -0.2) is 17.3 Å². The lowest BCUT2D eigenvalue weighted by Gasteiger charge is -2.21. The molecule has 76 valence electrons. The monoisotopic (exact) mass is 194 g/mol. The summed E-state index contributed by atoms with van der Waals surface area (Å²) in [4.78, 5) is 0. The summed E-state index contributed by atoms with van der Waals surface area (Å²) in [6, 6.07) is 3.84. The summed E-state index contributed by atoms with van der Waals surface area (Å²) in [5.74, 6) is 1.45. The number of hydrogen-bond donors (Lipinski definition) is 1. The maximum atomic E-state index is 9.66. The lowest BCUT2D eigenvalue weighted by Crippen LogP contribution is -2.28. The summed E-state index contributed by atoms with van der Waals surface area (Å²) < 4.78 is 11.2. The van der Waals surface area contributed by atoms with E-state index in [0.29, 0.717) is 5.92 Å². The third-order valence-electron chi connectivity index (χ3n) is 3.37. The average Bonchev–Trinajstić information content (AvgIpc) is 2.80. The fourth-order valence-corrected chi connectivity index (χ4v) is 2.62. The lowest BCUT2D eigenvalue weighted by atomic mass is 9.85. The molecule has 0 aromatic carbocycles. The van der Waals surface area contributed by atoms with E-state index < -0.39 is 0 Å². The van der Waals surface area contributed by atoms with Crippen LogP contribution in [0, 0.1) is 5.92 Å². The highest BCUT2D eigenvalue weighted by Crippen LogP contribution is 2.45. The first-order valence-electron chi connectivity index (χ1n) is 5.21. The van der Waals surface area contributed by atoms with Crippen LogP contribution in [-0.2, 0) is 4.74 Å². The quantitative estimate of drug-likeness (QED) is 0.742. The topological polar surface area (TPSA) is 42.6 Å². The Labute approximate surface area is 82.7 Å². The maximum absolute atomic E-state index is 9.66. The molecule has 2 bridgehead atoms. The first kappa shape index (κ1) is 8.50. The molecule has 2 heterocycles. The molecule has 1 aliphatic heterocycles. The Hall–Kier alpha value is -0.800. The van der Waals surface area contributed by atoms with Gasteiger partial charge in [-0.3, -0.25) is 0 Å². The van der Waals surface area contributed by atoms with Crippen molar-refractivity contribution in [2.75, 3.05) is 0 Å². The molecule has 14 heavy (non-hydrogen) atoms. The van der Waals surface area contributed by atoms with Crippen molar-refractivity contribution >= 4 is 0 Å². The average molecular weight is 194 g/mol. The lowest BCUT2D eigenvalue weighted by molar-refractivity contribution is -0.0358. The van der Waals surface area contributed by atoms with Gasteiger partial charge in [0.05, 0.1) is 18.5 Å². The number of hydrogen-bond acceptors (Lipinski definition) is 3. The van der Waals surface area contributed by atoms with Gasteiger partial charge in [-0.15, -0.1) is 0 Å². The second-order valence-electron chi connectivity index (χ2n) is 4.25. The number of fused-ring (bicyclic) bond motifs is 2. The van der Waals surface area contributed by atoms with E-state index in [0.717, 1.165) is 25.0 Å². The molecule has 2 aliphatic rings. The van der Waals surface area contributed by atoms with Crippen molar-refractivity contribution in [3.63, 3.8) is 0 Å². The van der Waals surface area contributed by atoms with Crippen LogP contribution in [0.25, 0.3) is 0 Å². The fourth-order valence-electron chi connectivity index (χ4n) is 2.62. The third-order valence-corrected chi connectivity index (χ3v) is 3.37. The summed E-state index contributed by atoms with van der Waals surface area (Å²) in [7, 11) is 0. The zero-order chi connectivity index (χ0) is 9.54. The molecular weight excluding hydrogens is 180 g/mol. The van der Waals surface area contributed by atoms with Crippen molar-refractivity contribution in [1.29, 1.82) is 0 Å². The minimum Gasteiger partial charge on any atom is -0.467 e. The van der Waals surface area contributed by atoms with Gasteiger partial charge in [0.25, 0.3) is 0 Å². The molecule has 3 nitrogen and oxygen atoms in total. The molecular formula is C11H14O3. The van der Waals surface area contributed by atoms with Crippen molar-refractivity contribution in [3.8, 4) is 0 Å². The van der Waals surface area contributed by atoms with Crippen molar-refractivity contribution in [1.82, 2.24) is 0 Å². The smallest absolute Gasteiger partial charge is 0.132 e. The number of aliphatic hydroxyl groups is 1. The van der Waals surface area contributed by atoms with E-state index in [2.05, 4.69) is 0 Å². The Morgan fingerprint density at radius 1 is 1.36 bits per heavy atom. The van der Waals surface area contributed by atoms with E-state index in [4.69, 9.17) is 9.15 Å². The standard InChI is InChI=1S/C11H14O3/c12-8-4-3-7-6-10(8)14-11(7)9-2-1-5-13-9/h1-2,5,7-8,10-12H,3-4,6H2/t7-,8+,10+,11+/m0/s1. The van der Waals surface area contributed by atoms with Crippen LogP contribution in [0.15, 0.2) is 22.8 Å². The van der Waals surface area contributed by atoms with Gasteiger partial charge in [-0.05, 0) is 37.3 Å². The molecule has 1 aliphatic carbocycles. The molecule has 1 N–H and O–H groups in total. The van der Waals surface area contributed by atoms with Crippen LogP contribution < -0.4 is 0 Å². The van der Waals surface area contributed by atoms with E-state index in [-0.39, 0.29) is 18.3 Å². The SMILES string of the molecule is O[C@@H]1CC[C@H]2C[C@H]1O[C@H]2c1ccco1. The number of rotatable bonds is 1. The van der Waals surface area contributed by atoms with Gasteiger partial charge in [0.2, 0.25) is 0 Å². The first-order valence-corrected chi connectivity index (χ1v) is 5.21. The number of aliphatic hydroxyl groups excluding tert-OH is 1. The van der Waals surface area contributed by atoms with E-state index in [1.54, 1.807) is 6.26 Å². The Morgan fingerprint density at radius 3 is 3.00 bits per heavy atom. The summed E-state index contributed by atoms with van der Waals surface area (Å²) in [6.07, 6.45) is 4.40. The highest BCUT2D eigenvalue weighted by atomic mass is 16.5. The van der Waals surface area contributed by atoms with Crippen LogP contribution in [0.2, 0.25) is 0 Å². The minimum atomic E-state index is -0.272. The van der Waals surface area contributed by atoms with Crippen molar-refractivity contribution < 1.29 is 14.3 Å². The molecule has 3 heteroatoms. The Kier molecular flexibility index (Phi) is 1.89. The predicted octanol–water partition coefficient (Wildman–Crippen LogP) is 1.88. The van der Waals surface area contributed by atoms with Crippen LogP contribution in [0.1, 0.15) is 31.1 Å². The van der Waals surface area contributed by atoms with Gasteiger partial charge in [0, 0.05) is 0 Å². The molecule has 1 saturated heterocycles. The van der Waals surface area contributed by atoms with Crippen molar-refractivity contribution in [3.05, 3.63) is 24.2 Å². The summed E-state index contributed by atoms with van der Waals surface area (Å²) in [5, 5.41) is 9.66. The van der Waals surface area contributed by atoms with E-state index in [1.807, 2.05) is 12.1 Å². The van der Waals surface area contributed by atoms with Gasteiger partial charge < -0.3 is 14.3 Å². The summed E-state index contributed by atoms with van der Waals surface area (Å²) in [6.45, 7) is 0. The second kappa shape index (κ2) is 3.11. The number of furan rings is 1. The molecule has 3 rings (SSSR count). The molecule has 4 atom stereocenters. The maximum Gasteiger partial charge on any atom is 0.132 e. The van der Waals surface area contributed by atoms with Gasteiger partial charge in [0.15, 0.2) is 0 Å². The molecule has 0 unspecified atom stereocenters. The highest BCUT2D eigenvalue weighted by Gasteiger charge is 2.44. The van der Waals surface area contributed by atoms with Crippen LogP contribution >= 0.6 is 0 Å². The molecule has 1 aromatic heterocycles. The van der Waals surface area contributed by atoms with E-state index in [1.165, 1.54) is 0 Å². The molecule has 0 radical (unpaired) electrons. The molecule has 0 spiro atoms. The Bertz CT molecular complexity index is 306. The van der Waals surface area contributed by atoms with Gasteiger partial charge in [-0.2, -0.15) is 0 Å². The highest BCUT2D eigenvalue weighted by molar-refractivity contribution is 5.07. The van der Waals surface area contributed by atoms with Crippen LogP contribution in [0.5, 0.6) is 0 Å². The van der Waals surface area contributed by atoms with Gasteiger partial charge >= 0.3 is 0 Å². The van der Waals surface area contributed by atoms with Crippen LogP contribution in [0.4, 0.5) is 0 Å². The van der Waals surface area contributed by atoms with Crippen molar-refractivity contribution in [2.24, 2.45) is 5.92 Å². The van der Waals surface area contributed by atoms with Crippen LogP contribution in [0.3, 0.4) is 0 Å². The predicted molar refractivity (Wildman–Crippen MR) is 49.7 cm³/mol. The molecule has 1 saturated carbocycles. The van der Waals surface area contributed by atoms with E-state index >= 15 is 0 Å². The van der Waals surface area contributed by atoms with E-state index in [9.17, 15) is 5.11 Å². The zero-order valence-electron chi connectivity index (χ0n) is 7.93. The summed E-state index contributed by atoms with van der Waals surface area (Å²) >= 11 is 0.